The van der Waals surface area contributed by atoms with Gasteiger partial charge in [-0.2, -0.15) is 0 Å². The van der Waals surface area contributed by atoms with E-state index in [1.165, 1.54) is 0 Å². The number of ether oxygens (including phenoxy) is 1. The second-order valence-electron chi connectivity index (χ2n) is 8.06. The van der Waals surface area contributed by atoms with Crippen LogP contribution in [0.15, 0.2) is 24.4 Å². The molecule has 2 heterocycles. The summed E-state index contributed by atoms with van der Waals surface area (Å²) in [4.78, 5) is 8.62. The average Bonchev–Trinajstić information content (AvgIpc) is 3.07. The van der Waals surface area contributed by atoms with E-state index in [0.29, 0.717) is 11.6 Å². The van der Waals surface area contributed by atoms with Crippen molar-refractivity contribution < 1.29 is 13.5 Å². The van der Waals surface area contributed by atoms with Crippen LogP contribution in [-0.2, 0) is 12.8 Å². The predicted octanol–water partition coefficient (Wildman–Crippen LogP) is 4.71. The molecule has 2 aromatic rings. The molecule has 0 spiro atoms. The Morgan fingerprint density at radius 3 is 2.70 bits per heavy atom. The van der Waals surface area contributed by atoms with Crippen LogP contribution in [0.1, 0.15) is 57.0 Å². The number of aryl methyl sites for hydroxylation is 1. The van der Waals surface area contributed by atoms with Crippen molar-refractivity contribution in [2.45, 2.75) is 58.4 Å². The third kappa shape index (κ3) is 4.61. The molecule has 0 bridgehead atoms. The van der Waals surface area contributed by atoms with Gasteiger partial charge in [0, 0.05) is 23.0 Å². The zero-order valence-corrected chi connectivity index (χ0v) is 16.1. The van der Waals surface area contributed by atoms with Crippen LogP contribution in [0.25, 0.3) is 11.3 Å². The molecule has 1 atom stereocenters. The van der Waals surface area contributed by atoms with E-state index in [1.807, 2.05) is 13.0 Å². The van der Waals surface area contributed by atoms with Crippen LogP contribution in [0.4, 0.5) is 8.78 Å². The first-order valence-electron chi connectivity index (χ1n) is 9.45. The fourth-order valence-electron chi connectivity index (χ4n) is 3.83. The standard InChI is InChI=1S/C21H27F2N3O/c1-13(2)11-21(3,24)12-27-18-8-7-17(26-19(18)20(22)23)15-9-10-25-16-6-4-5-14(15)16/h7-10,13,20H,4-6,11-12,24H2,1-3H3/t21-/m0/s1. The summed E-state index contributed by atoms with van der Waals surface area (Å²) in [6.45, 7) is 6.17. The van der Waals surface area contributed by atoms with Gasteiger partial charge in [-0.25, -0.2) is 13.8 Å². The molecule has 0 unspecified atom stereocenters. The molecule has 0 fully saturated rings. The normalized spacial score (nSPS) is 15.9. The van der Waals surface area contributed by atoms with Crippen molar-refractivity contribution >= 4 is 0 Å². The Labute approximate surface area is 159 Å². The largest absolute Gasteiger partial charge is 0.490 e. The fraction of sp³-hybridized carbons (Fsp3) is 0.524. The van der Waals surface area contributed by atoms with Gasteiger partial charge in [0.2, 0.25) is 0 Å². The molecule has 2 aromatic heterocycles. The molecule has 1 aliphatic rings. The number of hydrogen-bond acceptors (Lipinski definition) is 4. The zero-order valence-electron chi connectivity index (χ0n) is 16.1. The van der Waals surface area contributed by atoms with E-state index in [4.69, 9.17) is 10.5 Å². The molecule has 0 amide bonds. The van der Waals surface area contributed by atoms with Crippen LogP contribution in [0, 0.1) is 5.92 Å². The summed E-state index contributed by atoms with van der Waals surface area (Å²) in [5, 5.41) is 0. The lowest BCUT2D eigenvalue weighted by Crippen LogP contribution is -2.43. The van der Waals surface area contributed by atoms with E-state index in [-0.39, 0.29) is 18.1 Å². The van der Waals surface area contributed by atoms with Gasteiger partial charge in [-0.1, -0.05) is 13.8 Å². The van der Waals surface area contributed by atoms with Gasteiger partial charge in [0.05, 0.1) is 5.69 Å². The van der Waals surface area contributed by atoms with E-state index in [2.05, 4.69) is 23.8 Å². The number of halogens is 2. The maximum atomic E-state index is 13.6. The van der Waals surface area contributed by atoms with Gasteiger partial charge in [-0.3, -0.25) is 4.98 Å². The number of pyridine rings is 2. The Balaban J connectivity index is 1.87. The van der Waals surface area contributed by atoms with Gasteiger partial charge in [-0.05, 0) is 62.3 Å². The third-order valence-electron chi connectivity index (χ3n) is 4.79. The molecular weight excluding hydrogens is 348 g/mol. The number of aromatic nitrogens is 2. The average molecular weight is 375 g/mol. The molecule has 0 saturated heterocycles. The summed E-state index contributed by atoms with van der Waals surface area (Å²) in [5.41, 5.74) is 8.89. The minimum absolute atomic E-state index is 0.0971. The molecule has 4 nitrogen and oxygen atoms in total. The second kappa shape index (κ2) is 7.89. The minimum Gasteiger partial charge on any atom is -0.490 e. The first-order chi connectivity index (χ1) is 12.8. The van der Waals surface area contributed by atoms with Crippen molar-refractivity contribution in [2.24, 2.45) is 11.7 Å². The summed E-state index contributed by atoms with van der Waals surface area (Å²) < 4.78 is 33.0. The van der Waals surface area contributed by atoms with Crippen molar-refractivity contribution in [1.29, 1.82) is 0 Å². The highest BCUT2D eigenvalue weighted by Crippen LogP contribution is 2.34. The van der Waals surface area contributed by atoms with Crippen molar-refractivity contribution in [3.8, 4) is 17.0 Å². The molecule has 3 rings (SSSR count). The molecule has 0 saturated carbocycles. The Morgan fingerprint density at radius 1 is 1.22 bits per heavy atom. The molecule has 2 N–H and O–H groups in total. The van der Waals surface area contributed by atoms with Gasteiger partial charge >= 0.3 is 0 Å². The molecule has 146 valence electrons. The smallest absolute Gasteiger partial charge is 0.284 e. The van der Waals surface area contributed by atoms with Crippen molar-refractivity contribution in [3.05, 3.63) is 41.3 Å². The van der Waals surface area contributed by atoms with Crippen molar-refractivity contribution in [3.63, 3.8) is 0 Å². The number of hydrogen-bond donors (Lipinski definition) is 1. The summed E-state index contributed by atoms with van der Waals surface area (Å²) in [5.74, 6) is 0.493. The number of alkyl halides is 2. The lowest BCUT2D eigenvalue weighted by Gasteiger charge is -2.27. The third-order valence-corrected chi connectivity index (χ3v) is 4.79. The van der Waals surface area contributed by atoms with E-state index >= 15 is 0 Å². The first-order valence-corrected chi connectivity index (χ1v) is 9.45. The topological polar surface area (TPSA) is 61.0 Å². The molecule has 0 radical (unpaired) electrons. The van der Waals surface area contributed by atoms with Gasteiger partial charge < -0.3 is 10.5 Å². The Bertz CT molecular complexity index is 806. The molecule has 6 heteroatoms. The number of rotatable bonds is 7. The summed E-state index contributed by atoms with van der Waals surface area (Å²) in [6, 6.07) is 5.17. The molecule has 27 heavy (non-hydrogen) atoms. The van der Waals surface area contributed by atoms with Crippen molar-refractivity contribution in [2.75, 3.05) is 6.61 Å². The Kier molecular flexibility index (Phi) is 5.75. The Morgan fingerprint density at radius 2 is 2.00 bits per heavy atom. The number of nitrogens with two attached hydrogens (primary N) is 1. The minimum atomic E-state index is -2.72. The highest BCUT2D eigenvalue weighted by Gasteiger charge is 2.25. The maximum absolute atomic E-state index is 13.6. The van der Waals surface area contributed by atoms with E-state index < -0.39 is 12.0 Å². The van der Waals surface area contributed by atoms with Gasteiger partial charge in [0.15, 0.2) is 0 Å². The maximum Gasteiger partial charge on any atom is 0.284 e. The monoisotopic (exact) mass is 375 g/mol. The predicted molar refractivity (Wildman–Crippen MR) is 102 cm³/mol. The van der Waals surface area contributed by atoms with Crippen molar-refractivity contribution in [1.82, 2.24) is 9.97 Å². The van der Waals surface area contributed by atoms with Crippen LogP contribution >= 0.6 is 0 Å². The summed E-state index contributed by atoms with van der Waals surface area (Å²) in [6.07, 6.45) is 2.61. The fourth-order valence-corrected chi connectivity index (χ4v) is 3.83. The molecular formula is C21H27F2N3O. The summed E-state index contributed by atoms with van der Waals surface area (Å²) >= 11 is 0. The van der Waals surface area contributed by atoms with E-state index in [0.717, 1.165) is 42.5 Å². The van der Waals surface area contributed by atoms with Crippen LogP contribution in [0.3, 0.4) is 0 Å². The second-order valence-corrected chi connectivity index (χ2v) is 8.06. The summed E-state index contributed by atoms with van der Waals surface area (Å²) in [7, 11) is 0. The molecule has 0 aromatic carbocycles. The lowest BCUT2D eigenvalue weighted by atomic mass is 9.93. The van der Waals surface area contributed by atoms with Crippen LogP contribution in [-0.4, -0.2) is 22.1 Å². The quantitative estimate of drug-likeness (QED) is 0.761. The number of fused-ring (bicyclic) bond motifs is 1. The van der Waals surface area contributed by atoms with Gasteiger partial charge in [0.25, 0.3) is 6.43 Å². The van der Waals surface area contributed by atoms with Crippen LogP contribution < -0.4 is 10.5 Å². The highest BCUT2D eigenvalue weighted by molar-refractivity contribution is 5.66. The first kappa shape index (κ1) is 19.7. The van der Waals surface area contributed by atoms with E-state index in [9.17, 15) is 8.78 Å². The van der Waals surface area contributed by atoms with Crippen LogP contribution in [0.5, 0.6) is 5.75 Å². The molecule has 1 aliphatic carbocycles. The van der Waals surface area contributed by atoms with Crippen LogP contribution in [0.2, 0.25) is 0 Å². The van der Waals surface area contributed by atoms with E-state index in [1.54, 1.807) is 18.3 Å². The van der Waals surface area contributed by atoms with Gasteiger partial charge in [-0.15, -0.1) is 0 Å². The Hall–Kier alpha value is -2.08. The number of nitrogens with zero attached hydrogens (tertiary/aromatic N) is 2. The zero-order chi connectivity index (χ0) is 19.6. The SMILES string of the molecule is CC(C)C[C@](C)(N)COc1ccc(-c2ccnc3c2CCC3)nc1C(F)F. The highest BCUT2D eigenvalue weighted by atomic mass is 19.3. The molecule has 0 aliphatic heterocycles. The van der Waals surface area contributed by atoms with Gasteiger partial charge in [0.1, 0.15) is 18.1 Å². The lowest BCUT2D eigenvalue weighted by molar-refractivity contribution is 0.134.